The molecule has 0 aromatic carbocycles. The second kappa shape index (κ2) is 10.9. The smallest absolute Gasteiger partial charge is 0.0392 e. The van der Waals surface area contributed by atoms with Crippen LogP contribution < -0.4 is 0 Å². The van der Waals surface area contributed by atoms with Gasteiger partial charge in [0.1, 0.15) is 0 Å². The van der Waals surface area contributed by atoms with Crippen LogP contribution in [0.3, 0.4) is 0 Å². The number of nitrogens with zero attached hydrogens (tertiary/aromatic N) is 1. The van der Waals surface area contributed by atoms with Gasteiger partial charge in [-0.2, -0.15) is 0 Å². The lowest BCUT2D eigenvalue weighted by Gasteiger charge is -1.88. The molecule has 0 aromatic heterocycles. The standard InChI is InChI=1S/C12H19N/c1-3-5-7-8-9-10-12-13-11-6-4-2/h3-8,11H,9-10,12H2,1-2H3/b5-3+,6-4-,8-7+,13-11-. The molecular weight excluding hydrogens is 158 g/mol. The average molecular weight is 177 g/mol. The fraction of sp³-hybridized carbons (Fsp3) is 0.417. The molecular formula is C12H19N. The van der Waals surface area contributed by atoms with Gasteiger partial charge in [-0.25, -0.2) is 0 Å². The van der Waals surface area contributed by atoms with E-state index in [1.807, 2.05) is 44.4 Å². The van der Waals surface area contributed by atoms with Crippen molar-refractivity contribution in [2.24, 2.45) is 4.99 Å². The molecule has 0 aliphatic rings. The fourth-order valence-corrected chi connectivity index (χ4v) is 0.808. The minimum Gasteiger partial charge on any atom is -0.293 e. The zero-order valence-corrected chi connectivity index (χ0v) is 8.61. The first kappa shape index (κ1) is 11.9. The van der Waals surface area contributed by atoms with Crippen LogP contribution >= 0.6 is 0 Å². The SMILES string of the molecule is C/C=C\C=N/CCC/C=C/C=C/C. The van der Waals surface area contributed by atoms with Gasteiger partial charge in [-0.05, 0) is 32.8 Å². The van der Waals surface area contributed by atoms with Gasteiger partial charge in [0.05, 0.1) is 0 Å². The van der Waals surface area contributed by atoms with Crippen molar-refractivity contribution in [2.45, 2.75) is 26.7 Å². The molecule has 0 aliphatic carbocycles. The Balaban J connectivity index is 3.26. The van der Waals surface area contributed by atoms with E-state index >= 15 is 0 Å². The number of aliphatic imine (C=N–C) groups is 1. The highest BCUT2D eigenvalue weighted by atomic mass is 14.7. The Morgan fingerprint density at radius 1 is 1.00 bits per heavy atom. The van der Waals surface area contributed by atoms with Crippen molar-refractivity contribution in [1.29, 1.82) is 0 Å². The van der Waals surface area contributed by atoms with E-state index in [1.165, 1.54) is 0 Å². The number of hydrogen-bond donors (Lipinski definition) is 0. The minimum absolute atomic E-state index is 0.921. The summed E-state index contributed by atoms with van der Waals surface area (Å²) < 4.78 is 0. The second-order valence-corrected chi connectivity index (χ2v) is 2.68. The summed E-state index contributed by atoms with van der Waals surface area (Å²) in [5.74, 6) is 0. The van der Waals surface area contributed by atoms with Crippen LogP contribution in [-0.2, 0) is 0 Å². The highest BCUT2D eigenvalue weighted by Crippen LogP contribution is 1.91. The molecule has 0 atom stereocenters. The maximum absolute atomic E-state index is 4.22. The van der Waals surface area contributed by atoms with E-state index < -0.39 is 0 Å². The van der Waals surface area contributed by atoms with E-state index in [4.69, 9.17) is 0 Å². The summed E-state index contributed by atoms with van der Waals surface area (Å²) in [6.45, 7) is 4.93. The van der Waals surface area contributed by atoms with Crippen LogP contribution in [-0.4, -0.2) is 12.8 Å². The lowest BCUT2D eigenvalue weighted by Crippen LogP contribution is -1.78. The molecule has 0 bridgehead atoms. The molecule has 0 saturated heterocycles. The van der Waals surface area contributed by atoms with Gasteiger partial charge >= 0.3 is 0 Å². The average Bonchev–Trinajstić information content (AvgIpc) is 2.16. The van der Waals surface area contributed by atoms with Gasteiger partial charge in [-0.1, -0.05) is 30.4 Å². The second-order valence-electron chi connectivity index (χ2n) is 2.68. The molecule has 0 fully saturated rings. The first-order valence-electron chi connectivity index (χ1n) is 4.80. The van der Waals surface area contributed by atoms with Crippen molar-refractivity contribution in [3.8, 4) is 0 Å². The van der Waals surface area contributed by atoms with Crippen LogP contribution in [0.2, 0.25) is 0 Å². The normalized spacial score (nSPS) is 13.1. The third-order valence-electron chi connectivity index (χ3n) is 1.48. The van der Waals surface area contributed by atoms with Crippen molar-refractivity contribution >= 4 is 6.21 Å². The molecule has 1 nitrogen and oxygen atoms in total. The van der Waals surface area contributed by atoms with E-state index in [0.717, 1.165) is 19.4 Å². The Morgan fingerprint density at radius 2 is 1.77 bits per heavy atom. The molecule has 0 heterocycles. The van der Waals surface area contributed by atoms with Crippen LogP contribution in [0.5, 0.6) is 0 Å². The molecule has 0 aromatic rings. The Kier molecular flexibility index (Phi) is 9.96. The van der Waals surface area contributed by atoms with Gasteiger partial charge < -0.3 is 0 Å². The molecule has 0 rings (SSSR count). The minimum atomic E-state index is 0.921. The Morgan fingerprint density at radius 3 is 2.46 bits per heavy atom. The van der Waals surface area contributed by atoms with Gasteiger partial charge in [0.15, 0.2) is 0 Å². The molecule has 0 spiro atoms. The predicted molar refractivity (Wildman–Crippen MR) is 61.4 cm³/mol. The first-order chi connectivity index (χ1) is 6.41. The van der Waals surface area contributed by atoms with Crippen LogP contribution in [0.15, 0.2) is 41.4 Å². The Bertz CT molecular complexity index is 175. The topological polar surface area (TPSA) is 12.4 Å². The first-order valence-corrected chi connectivity index (χ1v) is 4.80. The van der Waals surface area contributed by atoms with Gasteiger partial charge in [-0.15, -0.1) is 0 Å². The molecule has 0 aliphatic heterocycles. The highest BCUT2D eigenvalue weighted by molar-refractivity contribution is 5.70. The summed E-state index contributed by atoms with van der Waals surface area (Å²) in [4.78, 5) is 4.22. The number of rotatable bonds is 6. The molecule has 72 valence electrons. The number of hydrogen-bond acceptors (Lipinski definition) is 1. The Labute approximate surface area is 81.6 Å². The van der Waals surface area contributed by atoms with Gasteiger partial charge in [-0.3, -0.25) is 4.99 Å². The molecule has 13 heavy (non-hydrogen) atoms. The molecule has 0 N–H and O–H groups in total. The quantitative estimate of drug-likeness (QED) is 0.334. The van der Waals surface area contributed by atoms with E-state index in [-0.39, 0.29) is 0 Å². The van der Waals surface area contributed by atoms with Gasteiger partial charge in [0.2, 0.25) is 0 Å². The highest BCUT2D eigenvalue weighted by Gasteiger charge is 1.78. The summed E-state index contributed by atoms with van der Waals surface area (Å²) in [6, 6.07) is 0. The summed E-state index contributed by atoms with van der Waals surface area (Å²) in [5.41, 5.74) is 0. The van der Waals surface area contributed by atoms with E-state index in [0.29, 0.717) is 0 Å². The largest absolute Gasteiger partial charge is 0.293 e. The van der Waals surface area contributed by atoms with E-state index in [2.05, 4.69) is 17.1 Å². The number of unbranched alkanes of at least 4 members (excludes halogenated alkanes) is 1. The summed E-state index contributed by atoms with van der Waals surface area (Å²) >= 11 is 0. The lowest BCUT2D eigenvalue weighted by atomic mass is 10.3. The fourth-order valence-electron chi connectivity index (χ4n) is 0.808. The van der Waals surface area contributed by atoms with Crippen LogP contribution in [0, 0.1) is 0 Å². The van der Waals surface area contributed by atoms with Crippen molar-refractivity contribution in [1.82, 2.24) is 0 Å². The molecule has 0 unspecified atom stereocenters. The van der Waals surface area contributed by atoms with Gasteiger partial charge in [0, 0.05) is 12.8 Å². The zero-order chi connectivity index (χ0) is 9.78. The lowest BCUT2D eigenvalue weighted by molar-refractivity contribution is 0.859. The summed E-state index contributed by atoms with van der Waals surface area (Å²) in [7, 11) is 0. The molecule has 0 amide bonds. The van der Waals surface area contributed by atoms with E-state index in [9.17, 15) is 0 Å². The maximum atomic E-state index is 4.22. The monoisotopic (exact) mass is 177 g/mol. The molecule has 0 radical (unpaired) electrons. The van der Waals surface area contributed by atoms with Crippen molar-refractivity contribution in [3.05, 3.63) is 36.5 Å². The van der Waals surface area contributed by atoms with Crippen LogP contribution in [0.1, 0.15) is 26.7 Å². The van der Waals surface area contributed by atoms with Crippen molar-refractivity contribution in [2.75, 3.05) is 6.54 Å². The van der Waals surface area contributed by atoms with Crippen LogP contribution in [0.4, 0.5) is 0 Å². The number of allylic oxidation sites excluding steroid dienone is 6. The third kappa shape index (κ3) is 10.9. The van der Waals surface area contributed by atoms with Crippen LogP contribution in [0.25, 0.3) is 0 Å². The summed E-state index contributed by atoms with van der Waals surface area (Å²) in [6.07, 6.45) is 16.4. The zero-order valence-electron chi connectivity index (χ0n) is 8.61. The van der Waals surface area contributed by atoms with E-state index in [1.54, 1.807) is 0 Å². The predicted octanol–water partition coefficient (Wildman–Crippen LogP) is 3.55. The third-order valence-corrected chi connectivity index (χ3v) is 1.48. The molecule has 0 saturated carbocycles. The Hall–Kier alpha value is -1.11. The maximum Gasteiger partial charge on any atom is 0.0392 e. The summed E-state index contributed by atoms with van der Waals surface area (Å²) in [5, 5.41) is 0. The van der Waals surface area contributed by atoms with Gasteiger partial charge in [0.25, 0.3) is 0 Å². The van der Waals surface area contributed by atoms with Crippen molar-refractivity contribution < 1.29 is 0 Å². The van der Waals surface area contributed by atoms with Crippen molar-refractivity contribution in [3.63, 3.8) is 0 Å². The molecule has 1 heteroatoms.